The molecule has 3 rings (SSSR count). The Labute approximate surface area is 185 Å². The number of nitrogens with zero attached hydrogens (tertiary/aromatic N) is 1. The predicted molar refractivity (Wildman–Crippen MR) is 120 cm³/mol. The molecule has 0 saturated carbocycles. The van der Waals surface area contributed by atoms with Crippen LogP contribution in [0.5, 0.6) is 11.5 Å². The van der Waals surface area contributed by atoms with E-state index < -0.39 is 0 Å². The molecule has 0 bridgehead atoms. The molecule has 0 fully saturated rings. The third-order valence-corrected chi connectivity index (χ3v) is 5.21. The van der Waals surface area contributed by atoms with Crippen LogP contribution in [0.15, 0.2) is 54.7 Å². The lowest BCUT2D eigenvalue weighted by Crippen LogP contribution is -2.36. The van der Waals surface area contributed by atoms with E-state index in [0.29, 0.717) is 46.7 Å². The van der Waals surface area contributed by atoms with Crippen molar-refractivity contribution in [1.29, 1.82) is 0 Å². The summed E-state index contributed by atoms with van der Waals surface area (Å²) in [5, 5.41) is 4.09. The monoisotopic (exact) mass is 447 g/mol. The second kappa shape index (κ2) is 10.3. The number of halogens is 2. The molecule has 0 radical (unpaired) electrons. The first kappa shape index (κ1) is 21.9. The summed E-state index contributed by atoms with van der Waals surface area (Å²) in [5.41, 5.74) is 2.41. The van der Waals surface area contributed by atoms with Gasteiger partial charge < -0.3 is 24.7 Å². The Bertz CT molecular complexity index is 993. The van der Waals surface area contributed by atoms with E-state index in [1.807, 2.05) is 24.4 Å². The molecule has 0 saturated heterocycles. The first-order chi connectivity index (χ1) is 14.5. The summed E-state index contributed by atoms with van der Waals surface area (Å²) in [6, 6.07) is 14.2. The van der Waals surface area contributed by atoms with Gasteiger partial charge in [-0.3, -0.25) is 0 Å². The van der Waals surface area contributed by atoms with Crippen LogP contribution in [0.3, 0.4) is 0 Å². The molecule has 2 N–H and O–H groups in total. The zero-order valence-corrected chi connectivity index (χ0v) is 18.3. The smallest absolute Gasteiger partial charge is 0.322 e. The number of methoxy groups -OCH3 is 2. The van der Waals surface area contributed by atoms with Crippen molar-refractivity contribution in [3.63, 3.8) is 0 Å². The molecule has 0 unspecified atom stereocenters. The molecule has 0 spiro atoms. The van der Waals surface area contributed by atoms with Gasteiger partial charge in [0.25, 0.3) is 0 Å². The highest BCUT2D eigenvalue weighted by molar-refractivity contribution is 6.35. The molecule has 2 aromatic carbocycles. The van der Waals surface area contributed by atoms with Gasteiger partial charge in [0.05, 0.1) is 26.5 Å². The number of carbonyl (C=O) groups excluding carboxylic acids is 1. The van der Waals surface area contributed by atoms with Crippen LogP contribution in [0.2, 0.25) is 10.0 Å². The number of amides is 2. The van der Waals surface area contributed by atoms with E-state index >= 15 is 0 Å². The number of aromatic amines is 1. The normalized spacial score (nSPS) is 10.5. The van der Waals surface area contributed by atoms with Crippen molar-refractivity contribution in [2.75, 3.05) is 26.1 Å². The molecule has 8 heteroatoms. The Morgan fingerprint density at radius 1 is 1.10 bits per heavy atom. The number of H-pyrrole nitrogens is 1. The molecule has 0 atom stereocenters. The highest BCUT2D eigenvalue weighted by atomic mass is 35.5. The van der Waals surface area contributed by atoms with Crippen molar-refractivity contribution in [3.05, 3.63) is 76.0 Å². The number of nitrogens with one attached hydrogen (secondary N) is 2. The number of urea groups is 1. The quantitative estimate of drug-likeness (QED) is 0.471. The molecule has 6 nitrogen and oxygen atoms in total. The Hall–Kier alpha value is -2.83. The summed E-state index contributed by atoms with van der Waals surface area (Å²) < 4.78 is 10.6. The van der Waals surface area contributed by atoms with Crippen LogP contribution in [-0.2, 0) is 13.0 Å². The van der Waals surface area contributed by atoms with Gasteiger partial charge in [0, 0.05) is 34.5 Å². The van der Waals surface area contributed by atoms with Crippen LogP contribution in [0.4, 0.5) is 10.5 Å². The van der Waals surface area contributed by atoms with Crippen molar-refractivity contribution in [1.82, 2.24) is 9.88 Å². The summed E-state index contributed by atoms with van der Waals surface area (Å²) in [4.78, 5) is 17.9. The number of aromatic nitrogens is 1. The molecule has 2 amide bonds. The summed E-state index contributed by atoms with van der Waals surface area (Å²) in [7, 11) is 3.12. The SMILES string of the molecule is COc1ccc(NC(=O)N(CCc2ccc(Cl)cc2Cl)Cc2ccc[nH]2)c(OC)c1. The minimum absolute atomic E-state index is 0.252. The fourth-order valence-corrected chi connectivity index (χ4v) is 3.50. The zero-order valence-electron chi connectivity index (χ0n) is 16.7. The average Bonchev–Trinajstić information content (AvgIpc) is 3.25. The van der Waals surface area contributed by atoms with Crippen molar-refractivity contribution in [2.45, 2.75) is 13.0 Å². The van der Waals surface area contributed by atoms with Crippen LogP contribution in [0.25, 0.3) is 0 Å². The lowest BCUT2D eigenvalue weighted by atomic mass is 10.1. The van der Waals surface area contributed by atoms with E-state index in [4.69, 9.17) is 32.7 Å². The fourth-order valence-electron chi connectivity index (χ4n) is 3.00. The van der Waals surface area contributed by atoms with Crippen molar-refractivity contribution in [3.8, 4) is 11.5 Å². The van der Waals surface area contributed by atoms with Crippen LogP contribution < -0.4 is 14.8 Å². The molecule has 158 valence electrons. The van der Waals surface area contributed by atoms with Crippen LogP contribution in [0, 0.1) is 0 Å². The Balaban J connectivity index is 1.76. The van der Waals surface area contributed by atoms with E-state index in [1.54, 1.807) is 49.5 Å². The van der Waals surface area contributed by atoms with E-state index in [0.717, 1.165) is 11.3 Å². The van der Waals surface area contributed by atoms with Gasteiger partial charge in [-0.2, -0.15) is 0 Å². The molecule has 1 aromatic heterocycles. The third kappa shape index (κ3) is 5.62. The van der Waals surface area contributed by atoms with E-state index in [2.05, 4.69) is 10.3 Å². The van der Waals surface area contributed by atoms with Crippen LogP contribution >= 0.6 is 23.2 Å². The maximum atomic E-state index is 13.1. The number of hydrogen-bond acceptors (Lipinski definition) is 3. The highest BCUT2D eigenvalue weighted by Gasteiger charge is 2.17. The summed E-state index contributed by atoms with van der Waals surface area (Å²) >= 11 is 12.3. The van der Waals surface area contributed by atoms with Gasteiger partial charge in [-0.25, -0.2) is 4.79 Å². The molecular weight excluding hydrogens is 425 g/mol. The van der Waals surface area contributed by atoms with Crippen LogP contribution in [-0.4, -0.2) is 36.7 Å². The average molecular weight is 448 g/mol. The van der Waals surface area contributed by atoms with Gasteiger partial charge in [0.2, 0.25) is 0 Å². The lowest BCUT2D eigenvalue weighted by molar-refractivity contribution is 0.209. The molecule has 0 aliphatic heterocycles. The van der Waals surface area contributed by atoms with Crippen LogP contribution in [0.1, 0.15) is 11.3 Å². The Kier molecular flexibility index (Phi) is 7.49. The van der Waals surface area contributed by atoms with Gasteiger partial charge in [-0.1, -0.05) is 29.3 Å². The van der Waals surface area contributed by atoms with Gasteiger partial charge in [-0.15, -0.1) is 0 Å². The van der Waals surface area contributed by atoms with Gasteiger partial charge >= 0.3 is 6.03 Å². The summed E-state index contributed by atoms with van der Waals surface area (Å²) in [5.74, 6) is 1.16. The van der Waals surface area contributed by atoms with Gasteiger partial charge in [0.1, 0.15) is 11.5 Å². The number of benzene rings is 2. The molecule has 0 aliphatic rings. The van der Waals surface area contributed by atoms with E-state index in [1.165, 1.54) is 0 Å². The predicted octanol–water partition coefficient (Wildman–Crippen LogP) is 5.62. The zero-order chi connectivity index (χ0) is 21.5. The second-order valence-corrected chi connectivity index (χ2v) is 7.44. The minimum atomic E-state index is -0.252. The summed E-state index contributed by atoms with van der Waals surface area (Å²) in [6.45, 7) is 0.882. The van der Waals surface area contributed by atoms with Crippen molar-refractivity contribution in [2.24, 2.45) is 0 Å². The largest absolute Gasteiger partial charge is 0.497 e. The van der Waals surface area contributed by atoms with E-state index in [9.17, 15) is 4.79 Å². The number of hydrogen-bond donors (Lipinski definition) is 2. The van der Waals surface area contributed by atoms with Gasteiger partial charge in [-0.05, 0) is 48.4 Å². The maximum absolute atomic E-state index is 13.1. The molecule has 0 aliphatic carbocycles. The number of ether oxygens (including phenoxy) is 2. The standard InChI is InChI=1S/C22H23Cl2N3O3/c1-29-18-7-8-20(21(13-18)30-2)26-22(28)27(14-17-4-3-10-25-17)11-9-15-5-6-16(23)12-19(15)24/h3-8,10,12-13,25H,9,11,14H2,1-2H3,(H,26,28). The first-order valence-electron chi connectivity index (χ1n) is 9.34. The molecule has 30 heavy (non-hydrogen) atoms. The fraction of sp³-hybridized carbons (Fsp3) is 0.227. The molecular formula is C22H23Cl2N3O3. The highest BCUT2D eigenvalue weighted by Crippen LogP contribution is 2.29. The molecule has 3 aromatic rings. The Morgan fingerprint density at radius 3 is 2.60 bits per heavy atom. The van der Waals surface area contributed by atoms with Crippen molar-refractivity contribution < 1.29 is 14.3 Å². The topological polar surface area (TPSA) is 66.6 Å². The van der Waals surface area contributed by atoms with Crippen molar-refractivity contribution >= 4 is 34.9 Å². The minimum Gasteiger partial charge on any atom is -0.497 e. The molecule has 1 heterocycles. The van der Waals surface area contributed by atoms with Gasteiger partial charge in [0.15, 0.2) is 0 Å². The second-order valence-electron chi connectivity index (χ2n) is 6.60. The van der Waals surface area contributed by atoms with E-state index in [-0.39, 0.29) is 6.03 Å². The lowest BCUT2D eigenvalue weighted by Gasteiger charge is -2.24. The third-order valence-electron chi connectivity index (χ3n) is 4.63. The number of anilines is 1. The first-order valence-corrected chi connectivity index (χ1v) is 10.1. The summed E-state index contributed by atoms with van der Waals surface area (Å²) in [6.07, 6.45) is 2.41. The Morgan fingerprint density at radius 2 is 1.93 bits per heavy atom. The number of rotatable bonds is 8. The maximum Gasteiger partial charge on any atom is 0.322 e. The number of carbonyl (C=O) groups is 1.